The highest BCUT2D eigenvalue weighted by Crippen LogP contribution is 2.31. The van der Waals surface area contributed by atoms with Gasteiger partial charge in [0, 0.05) is 17.7 Å². The van der Waals surface area contributed by atoms with Gasteiger partial charge in [-0.15, -0.1) is 0 Å². The lowest BCUT2D eigenvalue weighted by Crippen LogP contribution is -2.22. The van der Waals surface area contributed by atoms with E-state index in [0.29, 0.717) is 5.92 Å². The lowest BCUT2D eigenvalue weighted by molar-refractivity contribution is 0.482. The van der Waals surface area contributed by atoms with E-state index in [9.17, 15) is 0 Å². The van der Waals surface area contributed by atoms with Crippen molar-refractivity contribution in [2.24, 2.45) is 11.7 Å². The molecule has 0 aliphatic carbocycles. The topological polar surface area (TPSA) is 43.3 Å². The van der Waals surface area contributed by atoms with Gasteiger partial charge >= 0.3 is 0 Å². The Morgan fingerprint density at radius 1 is 1.26 bits per heavy atom. The zero-order chi connectivity index (χ0) is 14.2. The maximum Gasteiger partial charge on any atom is 0.137 e. The summed E-state index contributed by atoms with van der Waals surface area (Å²) >= 11 is 0. The summed E-state index contributed by atoms with van der Waals surface area (Å²) in [5.74, 6) is 0.581. The maximum atomic E-state index is 6.44. The molecule has 2 aromatic rings. The molecule has 0 radical (unpaired) electrons. The molecule has 0 fully saturated rings. The van der Waals surface area contributed by atoms with Gasteiger partial charge in [0.2, 0.25) is 0 Å². The van der Waals surface area contributed by atoms with Crippen molar-refractivity contribution in [3.8, 4) is 0 Å². The zero-order valence-electron chi connectivity index (χ0n) is 12.6. The average molecular weight is 259 g/mol. The summed E-state index contributed by atoms with van der Waals surface area (Å²) < 4.78 is 2.15. The number of imidazole rings is 1. The van der Waals surface area contributed by atoms with Crippen molar-refractivity contribution >= 4 is 5.65 Å². The lowest BCUT2D eigenvalue weighted by atomic mass is 9.87. The molecule has 0 saturated carbocycles. The van der Waals surface area contributed by atoms with Crippen molar-refractivity contribution < 1.29 is 0 Å². The SMILES string of the molecule is CC(C)CC(N)c1c(C(C)(C)C)nc2ccccn12. The molecule has 0 aromatic carbocycles. The van der Waals surface area contributed by atoms with E-state index >= 15 is 0 Å². The minimum atomic E-state index is 0.00987. The quantitative estimate of drug-likeness (QED) is 0.913. The predicted molar refractivity (Wildman–Crippen MR) is 80.3 cm³/mol. The highest BCUT2D eigenvalue weighted by Gasteiger charge is 2.27. The first-order valence-corrected chi connectivity index (χ1v) is 7.03. The van der Waals surface area contributed by atoms with Crippen molar-refractivity contribution in [1.29, 1.82) is 0 Å². The van der Waals surface area contributed by atoms with Gasteiger partial charge in [-0.3, -0.25) is 0 Å². The van der Waals surface area contributed by atoms with E-state index in [4.69, 9.17) is 10.7 Å². The van der Waals surface area contributed by atoms with Gasteiger partial charge in [0.15, 0.2) is 0 Å². The van der Waals surface area contributed by atoms with Crippen LogP contribution in [0.2, 0.25) is 0 Å². The summed E-state index contributed by atoms with van der Waals surface area (Å²) in [6.45, 7) is 11.0. The number of nitrogens with two attached hydrogens (primary N) is 1. The summed E-state index contributed by atoms with van der Waals surface area (Å²) in [4.78, 5) is 4.80. The molecule has 0 aliphatic heterocycles. The van der Waals surface area contributed by atoms with E-state index in [1.165, 1.54) is 0 Å². The van der Waals surface area contributed by atoms with Crippen LogP contribution in [-0.2, 0) is 5.41 Å². The van der Waals surface area contributed by atoms with Gasteiger partial charge in [0.1, 0.15) is 5.65 Å². The molecule has 1 unspecified atom stereocenters. The van der Waals surface area contributed by atoms with E-state index in [1.807, 2.05) is 18.2 Å². The maximum absolute atomic E-state index is 6.44. The van der Waals surface area contributed by atoms with E-state index < -0.39 is 0 Å². The first-order valence-electron chi connectivity index (χ1n) is 7.03. The number of aromatic nitrogens is 2. The van der Waals surface area contributed by atoms with Crippen molar-refractivity contribution in [1.82, 2.24) is 9.38 Å². The van der Waals surface area contributed by atoms with Gasteiger partial charge in [-0.05, 0) is 24.5 Å². The second-order valence-corrected chi connectivity index (χ2v) is 6.76. The number of fused-ring (bicyclic) bond motifs is 1. The Hall–Kier alpha value is -1.35. The Balaban J connectivity index is 2.61. The zero-order valence-corrected chi connectivity index (χ0v) is 12.6. The molecule has 2 N–H and O–H groups in total. The third kappa shape index (κ3) is 2.81. The molecule has 2 heterocycles. The minimum Gasteiger partial charge on any atom is -0.323 e. The molecule has 0 aliphatic rings. The molecular weight excluding hydrogens is 234 g/mol. The number of hydrogen-bond acceptors (Lipinski definition) is 2. The van der Waals surface area contributed by atoms with Gasteiger partial charge in [-0.2, -0.15) is 0 Å². The molecule has 3 heteroatoms. The van der Waals surface area contributed by atoms with Crippen molar-refractivity contribution in [3.63, 3.8) is 0 Å². The van der Waals surface area contributed by atoms with Crippen LogP contribution in [0.4, 0.5) is 0 Å². The van der Waals surface area contributed by atoms with E-state index in [2.05, 4.69) is 45.2 Å². The summed E-state index contributed by atoms with van der Waals surface area (Å²) in [5, 5.41) is 0. The van der Waals surface area contributed by atoms with E-state index in [0.717, 1.165) is 23.5 Å². The Bertz CT molecular complexity index is 561. The highest BCUT2D eigenvalue weighted by molar-refractivity contribution is 5.45. The number of nitrogens with zero attached hydrogens (tertiary/aromatic N) is 2. The average Bonchev–Trinajstić information content (AvgIpc) is 2.66. The summed E-state index contributed by atoms with van der Waals surface area (Å²) in [5.41, 5.74) is 9.72. The number of rotatable bonds is 3. The molecule has 0 spiro atoms. The predicted octanol–water partition coefficient (Wildman–Crippen LogP) is 3.68. The Morgan fingerprint density at radius 2 is 1.95 bits per heavy atom. The fraction of sp³-hybridized carbons (Fsp3) is 0.562. The molecule has 2 aromatic heterocycles. The Morgan fingerprint density at radius 3 is 2.53 bits per heavy atom. The summed E-state index contributed by atoms with van der Waals surface area (Å²) in [7, 11) is 0. The van der Waals surface area contributed by atoms with Crippen molar-refractivity contribution in [2.45, 2.75) is 52.5 Å². The fourth-order valence-electron chi connectivity index (χ4n) is 2.54. The third-order valence-electron chi connectivity index (χ3n) is 3.35. The number of hydrogen-bond donors (Lipinski definition) is 1. The second-order valence-electron chi connectivity index (χ2n) is 6.76. The minimum absolute atomic E-state index is 0.00987. The lowest BCUT2D eigenvalue weighted by Gasteiger charge is -2.22. The third-order valence-corrected chi connectivity index (χ3v) is 3.35. The number of pyridine rings is 1. The van der Waals surface area contributed by atoms with Crippen LogP contribution in [0.3, 0.4) is 0 Å². The second kappa shape index (κ2) is 4.97. The van der Waals surface area contributed by atoms with Crippen LogP contribution in [0.15, 0.2) is 24.4 Å². The van der Waals surface area contributed by atoms with E-state index in [1.54, 1.807) is 0 Å². The molecule has 3 nitrogen and oxygen atoms in total. The summed E-state index contributed by atoms with van der Waals surface area (Å²) in [6, 6.07) is 6.13. The molecule has 1 atom stereocenters. The van der Waals surface area contributed by atoms with Crippen LogP contribution in [-0.4, -0.2) is 9.38 Å². The van der Waals surface area contributed by atoms with Crippen LogP contribution in [0.25, 0.3) is 5.65 Å². The summed E-state index contributed by atoms with van der Waals surface area (Å²) in [6.07, 6.45) is 3.04. The van der Waals surface area contributed by atoms with Crippen LogP contribution in [0, 0.1) is 5.92 Å². The van der Waals surface area contributed by atoms with Crippen LogP contribution in [0.5, 0.6) is 0 Å². The fourth-order valence-corrected chi connectivity index (χ4v) is 2.54. The van der Waals surface area contributed by atoms with Gasteiger partial charge in [-0.25, -0.2) is 4.98 Å². The van der Waals surface area contributed by atoms with Crippen molar-refractivity contribution in [2.75, 3.05) is 0 Å². The molecule has 0 amide bonds. The van der Waals surface area contributed by atoms with Gasteiger partial charge in [0.05, 0.1) is 11.4 Å². The molecule has 2 rings (SSSR count). The van der Waals surface area contributed by atoms with Gasteiger partial charge < -0.3 is 10.1 Å². The highest BCUT2D eigenvalue weighted by atomic mass is 15.0. The standard InChI is InChI=1S/C16H25N3/c1-11(2)10-12(17)14-15(16(3,4)5)18-13-8-6-7-9-19(13)14/h6-9,11-12H,10,17H2,1-5H3. The first kappa shape index (κ1) is 14.1. The molecule has 0 bridgehead atoms. The molecule has 104 valence electrons. The van der Waals surface area contributed by atoms with Crippen LogP contribution < -0.4 is 5.73 Å². The van der Waals surface area contributed by atoms with Crippen molar-refractivity contribution in [3.05, 3.63) is 35.8 Å². The Labute approximate surface area is 115 Å². The van der Waals surface area contributed by atoms with E-state index in [-0.39, 0.29) is 11.5 Å². The monoisotopic (exact) mass is 259 g/mol. The molecule has 19 heavy (non-hydrogen) atoms. The van der Waals surface area contributed by atoms with Gasteiger partial charge in [-0.1, -0.05) is 40.7 Å². The molecule has 0 saturated heterocycles. The first-order chi connectivity index (χ1) is 8.80. The van der Waals surface area contributed by atoms with Crippen LogP contribution in [0.1, 0.15) is 58.5 Å². The smallest absolute Gasteiger partial charge is 0.137 e. The van der Waals surface area contributed by atoms with Crippen LogP contribution >= 0.6 is 0 Å². The Kier molecular flexibility index (Phi) is 3.68. The normalized spacial score (nSPS) is 14.3. The largest absolute Gasteiger partial charge is 0.323 e. The molecular formula is C16H25N3. The van der Waals surface area contributed by atoms with Gasteiger partial charge in [0.25, 0.3) is 0 Å².